The molecule has 29 heavy (non-hydrogen) atoms. The molecule has 1 amide bonds. The van der Waals surface area contributed by atoms with E-state index in [-0.39, 0.29) is 29.9 Å². The van der Waals surface area contributed by atoms with Crippen LogP contribution in [0.1, 0.15) is 45.1 Å². The second-order valence-electron chi connectivity index (χ2n) is 7.02. The molecule has 2 aromatic rings. The van der Waals surface area contributed by atoms with E-state index < -0.39 is 0 Å². The molecule has 1 aliphatic rings. The van der Waals surface area contributed by atoms with Gasteiger partial charge in [0.05, 0.1) is 5.01 Å². The molecule has 3 rings (SSSR count). The quantitative estimate of drug-likeness (QED) is 0.342. The largest absolute Gasteiger partial charge is 0.356 e. The van der Waals surface area contributed by atoms with E-state index >= 15 is 0 Å². The fraction of sp³-hybridized carbons (Fsp3) is 0.476. The van der Waals surface area contributed by atoms with Crippen molar-refractivity contribution in [2.45, 2.75) is 39.2 Å². The van der Waals surface area contributed by atoms with Gasteiger partial charge in [0, 0.05) is 56.3 Å². The fourth-order valence-electron chi connectivity index (χ4n) is 3.26. The molecule has 1 fully saturated rings. The monoisotopic (exact) mass is 527 g/mol. The molecule has 1 aliphatic heterocycles. The van der Waals surface area contributed by atoms with Crippen LogP contribution in [0.3, 0.4) is 0 Å². The zero-order valence-corrected chi connectivity index (χ0v) is 20.3. The first-order chi connectivity index (χ1) is 13.7. The highest BCUT2D eigenvalue weighted by molar-refractivity contribution is 14.0. The van der Waals surface area contributed by atoms with Crippen molar-refractivity contribution < 1.29 is 4.79 Å². The van der Waals surface area contributed by atoms with Gasteiger partial charge in [-0.15, -0.1) is 35.3 Å². The lowest BCUT2D eigenvalue weighted by molar-refractivity contribution is 0.0724. The maximum absolute atomic E-state index is 12.5. The summed E-state index contributed by atoms with van der Waals surface area (Å²) in [5.41, 5.74) is 1.89. The Hall–Kier alpha value is -1.68. The molecule has 1 aromatic heterocycles. The van der Waals surface area contributed by atoms with Crippen molar-refractivity contribution in [3.8, 4) is 0 Å². The molecule has 0 atom stereocenters. The van der Waals surface area contributed by atoms with Gasteiger partial charge in [-0.3, -0.25) is 9.79 Å². The van der Waals surface area contributed by atoms with E-state index in [0.717, 1.165) is 61.0 Å². The Morgan fingerprint density at radius 2 is 1.90 bits per heavy atom. The molecule has 0 spiro atoms. The molecule has 2 heterocycles. The Labute approximate surface area is 194 Å². The van der Waals surface area contributed by atoms with Crippen molar-refractivity contribution >= 4 is 47.2 Å². The lowest BCUT2D eigenvalue weighted by Crippen LogP contribution is -2.37. The zero-order chi connectivity index (χ0) is 19.8. The van der Waals surface area contributed by atoms with Crippen molar-refractivity contribution in [3.05, 3.63) is 51.5 Å². The maximum Gasteiger partial charge on any atom is 0.253 e. The number of aryl methyl sites for hydroxylation is 1. The van der Waals surface area contributed by atoms with Gasteiger partial charge in [0.2, 0.25) is 0 Å². The Bertz CT molecular complexity index is 800. The molecule has 158 valence electrons. The summed E-state index contributed by atoms with van der Waals surface area (Å²) in [7, 11) is 1.77. The summed E-state index contributed by atoms with van der Waals surface area (Å²) < 4.78 is 0. The molecule has 6 nitrogen and oxygen atoms in total. The van der Waals surface area contributed by atoms with Crippen molar-refractivity contribution in [3.63, 3.8) is 0 Å². The highest BCUT2D eigenvalue weighted by Crippen LogP contribution is 2.14. The predicted molar refractivity (Wildman–Crippen MR) is 130 cm³/mol. The van der Waals surface area contributed by atoms with Crippen molar-refractivity contribution in [1.82, 2.24) is 20.5 Å². The van der Waals surface area contributed by atoms with E-state index in [0.29, 0.717) is 6.54 Å². The number of carbonyl (C=O) groups is 1. The van der Waals surface area contributed by atoms with E-state index in [1.165, 1.54) is 11.3 Å². The van der Waals surface area contributed by atoms with Crippen LogP contribution in [0, 0.1) is 6.92 Å². The van der Waals surface area contributed by atoms with Gasteiger partial charge in [-0.2, -0.15) is 0 Å². The number of aromatic nitrogens is 1. The Balaban J connectivity index is 0.00000300. The number of carbonyl (C=O) groups excluding carboxylic acids is 1. The lowest BCUT2D eigenvalue weighted by atomic mass is 10.1. The summed E-state index contributed by atoms with van der Waals surface area (Å²) in [6.45, 7) is 5.28. The van der Waals surface area contributed by atoms with Crippen LogP contribution in [0.5, 0.6) is 0 Å². The number of nitrogens with one attached hydrogen (secondary N) is 2. The molecule has 2 N–H and O–H groups in total. The molecule has 0 aliphatic carbocycles. The normalized spacial score (nSPS) is 14.3. The molecule has 0 unspecified atom stereocenters. The summed E-state index contributed by atoms with van der Waals surface area (Å²) in [6, 6.07) is 7.87. The smallest absolute Gasteiger partial charge is 0.253 e. The standard InChI is InChI=1S/C21H29N5OS.HI/c1-16-14-24-19(28-16)10-11-23-21(22-2)25-15-17-6-8-18(9-7-17)20(27)26-12-4-3-5-13-26;/h6-9,14H,3-5,10-13,15H2,1-2H3,(H2,22,23,25);1H. The lowest BCUT2D eigenvalue weighted by Gasteiger charge is -2.26. The number of benzene rings is 1. The van der Waals surface area contributed by atoms with Gasteiger partial charge >= 0.3 is 0 Å². The molecular weight excluding hydrogens is 497 g/mol. The van der Waals surface area contributed by atoms with Crippen LogP contribution in [-0.4, -0.2) is 48.4 Å². The number of hydrogen-bond donors (Lipinski definition) is 2. The minimum absolute atomic E-state index is 0. The van der Waals surface area contributed by atoms with Gasteiger partial charge in [0.15, 0.2) is 5.96 Å². The van der Waals surface area contributed by atoms with Gasteiger partial charge in [-0.1, -0.05) is 12.1 Å². The number of guanidine groups is 1. The van der Waals surface area contributed by atoms with Crippen LogP contribution in [0.15, 0.2) is 35.5 Å². The average molecular weight is 527 g/mol. The molecule has 1 aromatic carbocycles. The molecule has 0 bridgehead atoms. The topological polar surface area (TPSA) is 69.6 Å². The summed E-state index contributed by atoms with van der Waals surface area (Å²) in [6.07, 6.45) is 6.25. The highest BCUT2D eigenvalue weighted by atomic mass is 127. The van der Waals surface area contributed by atoms with E-state index in [1.807, 2.05) is 35.4 Å². The fourth-order valence-corrected chi connectivity index (χ4v) is 4.04. The number of nitrogens with zero attached hydrogens (tertiary/aromatic N) is 3. The van der Waals surface area contributed by atoms with E-state index in [4.69, 9.17) is 0 Å². The average Bonchev–Trinajstić information content (AvgIpc) is 3.16. The first-order valence-electron chi connectivity index (χ1n) is 9.90. The minimum Gasteiger partial charge on any atom is -0.356 e. The minimum atomic E-state index is 0. The van der Waals surface area contributed by atoms with Crippen molar-refractivity contribution in [2.75, 3.05) is 26.7 Å². The van der Waals surface area contributed by atoms with Crippen LogP contribution < -0.4 is 10.6 Å². The van der Waals surface area contributed by atoms with E-state index in [9.17, 15) is 4.79 Å². The number of thiazole rings is 1. The number of amides is 1. The molecule has 0 saturated carbocycles. The Kier molecular flexibility index (Phi) is 9.86. The number of piperidine rings is 1. The van der Waals surface area contributed by atoms with E-state index in [1.54, 1.807) is 18.4 Å². The molecule has 0 radical (unpaired) electrons. The first kappa shape index (κ1) is 23.6. The van der Waals surface area contributed by atoms with E-state index in [2.05, 4.69) is 27.5 Å². The van der Waals surface area contributed by atoms with Crippen molar-refractivity contribution in [1.29, 1.82) is 0 Å². The maximum atomic E-state index is 12.5. The third kappa shape index (κ3) is 7.26. The summed E-state index contributed by atoms with van der Waals surface area (Å²) in [5.74, 6) is 0.913. The second kappa shape index (κ2) is 12.1. The van der Waals surface area contributed by atoms with Gasteiger partial charge in [-0.05, 0) is 43.9 Å². The Morgan fingerprint density at radius 1 is 1.17 bits per heavy atom. The third-order valence-corrected chi connectivity index (χ3v) is 5.80. The SMILES string of the molecule is CN=C(NCCc1ncc(C)s1)NCc1ccc(C(=O)N2CCCCC2)cc1.I. The summed E-state index contributed by atoms with van der Waals surface area (Å²) in [4.78, 5) is 24.4. The number of aliphatic imine (C=N–C) groups is 1. The van der Waals surface area contributed by atoms with Gasteiger partial charge in [-0.25, -0.2) is 4.98 Å². The molecular formula is C21H30IN5OS. The highest BCUT2D eigenvalue weighted by Gasteiger charge is 2.17. The van der Waals surface area contributed by atoms with Crippen LogP contribution in [-0.2, 0) is 13.0 Å². The van der Waals surface area contributed by atoms with Gasteiger partial charge in [0.1, 0.15) is 0 Å². The summed E-state index contributed by atoms with van der Waals surface area (Å²) in [5, 5.41) is 7.76. The third-order valence-electron chi connectivity index (χ3n) is 4.83. The number of likely N-dealkylation sites (tertiary alicyclic amines) is 1. The second-order valence-corrected chi connectivity index (χ2v) is 8.34. The van der Waals surface area contributed by atoms with Crippen LogP contribution >= 0.6 is 35.3 Å². The Morgan fingerprint density at radius 3 is 2.52 bits per heavy atom. The van der Waals surface area contributed by atoms with Crippen molar-refractivity contribution in [2.24, 2.45) is 4.99 Å². The number of halogens is 1. The van der Waals surface area contributed by atoms with Crippen LogP contribution in [0.2, 0.25) is 0 Å². The summed E-state index contributed by atoms with van der Waals surface area (Å²) >= 11 is 1.73. The van der Waals surface area contributed by atoms with Crippen LogP contribution in [0.4, 0.5) is 0 Å². The van der Waals surface area contributed by atoms with Crippen LogP contribution in [0.25, 0.3) is 0 Å². The van der Waals surface area contributed by atoms with Gasteiger partial charge in [0.25, 0.3) is 5.91 Å². The number of hydrogen-bond acceptors (Lipinski definition) is 4. The van der Waals surface area contributed by atoms with Gasteiger partial charge < -0.3 is 15.5 Å². The first-order valence-corrected chi connectivity index (χ1v) is 10.7. The molecule has 8 heteroatoms. The molecule has 1 saturated heterocycles. The number of rotatable bonds is 6. The predicted octanol–water partition coefficient (Wildman–Crippen LogP) is 3.60. The zero-order valence-electron chi connectivity index (χ0n) is 17.1.